The minimum Gasteiger partial charge on any atom is -0.493 e. The third kappa shape index (κ3) is 4.18. The number of aromatic nitrogens is 1. The van der Waals surface area contributed by atoms with E-state index in [1.807, 2.05) is 30.3 Å². The van der Waals surface area contributed by atoms with Crippen LogP contribution in [0.1, 0.15) is 21.8 Å². The molecule has 0 bridgehead atoms. The van der Waals surface area contributed by atoms with Crippen LogP contribution in [0.2, 0.25) is 5.02 Å². The van der Waals surface area contributed by atoms with Gasteiger partial charge in [-0.1, -0.05) is 35.9 Å². The van der Waals surface area contributed by atoms with Gasteiger partial charge in [0, 0.05) is 10.6 Å². The predicted octanol–water partition coefficient (Wildman–Crippen LogP) is 5.93. The van der Waals surface area contributed by atoms with Gasteiger partial charge in [-0.25, -0.2) is 4.98 Å². The summed E-state index contributed by atoms with van der Waals surface area (Å²) in [6, 6.07) is 17.7. The van der Waals surface area contributed by atoms with Gasteiger partial charge >= 0.3 is 0 Å². The molecule has 7 heteroatoms. The second-order valence-electron chi connectivity index (χ2n) is 6.84. The molecule has 3 aromatic carbocycles. The Labute approximate surface area is 190 Å². The largest absolute Gasteiger partial charge is 0.493 e. The zero-order valence-corrected chi connectivity index (χ0v) is 18.5. The number of benzene rings is 3. The van der Waals surface area contributed by atoms with Crippen molar-refractivity contribution in [2.75, 3.05) is 21.3 Å². The van der Waals surface area contributed by atoms with Crippen LogP contribution in [0.3, 0.4) is 0 Å². The number of Topliss-reactive ketones (excluding diaryl/α,β-unsaturated/α-hetero) is 1. The molecule has 4 rings (SSSR count). The SMILES string of the molecule is COc1cc(C(=O)/C(=C/c2ccc(Cl)cc2)c2nc3ccccc3o2)cc(OC)c1OC. The lowest BCUT2D eigenvalue weighted by Crippen LogP contribution is -2.05. The number of hydrogen-bond donors (Lipinski definition) is 0. The fourth-order valence-electron chi connectivity index (χ4n) is 3.31. The quantitative estimate of drug-likeness (QED) is 0.257. The molecular formula is C25H20ClNO5. The van der Waals surface area contributed by atoms with Crippen LogP contribution in [0.5, 0.6) is 17.2 Å². The number of carbonyl (C=O) groups is 1. The highest BCUT2D eigenvalue weighted by atomic mass is 35.5. The van der Waals surface area contributed by atoms with E-state index in [4.69, 9.17) is 30.2 Å². The summed E-state index contributed by atoms with van der Waals surface area (Å²) >= 11 is 6.01. The minimum absolute atomic E-state index is 0.208. The number of allylic oxidation sites excluding steroid dienone is 1. The summed E-state index contributed by atoms with van der Waals surface area (Å²) in [5.74, 6) is 1.04. The minimum atomic E-state index is -0.314. The first-order chi connectivity index (χ1) is 15.5. The first-order valence-electron chi connectivity index (χ1n) is 9.72. The number of carbonyl (C=O) groups excluding carboxylic acids is 1. The molecule has 1 aromatic heterocycles. The number of halogens is 1. The Morgan fingerprint density at radius 1 is 0.938 bits per heavy atom. The van der Waals surface area contributed by atoms with Gasteiger partial charge in [0.25, 0.3) is 0 Å². The van der Waals surface area contributed by atoms with Crippen LogP contribution in [0.4, 0.5) is 0 Å². The molecule has 0 unspecified atom stereocenters. The monoisotopic (exact) mass is 449 g/mol. The molecule has 162 valence electrons. The number of ketones is 1. The van der Waals surface area contributed by atoms with Crippen LogP contribution in [-0.2, 0) is 0 Å². The van der Waals surface area contributed by atoms with Crippen LogP contribution in [0.25, 0.3) is 22.7 Å². The Kier molecular flexibility index (Phi) is 6.14. The topological polar surface area (TPSA) is 70.8 Å². The van der Waals surface area contributed by atoms with E-state index < -0.39 is 0 Å². The standard InChI is InChI=1S/C25H20ClNO5/c1-29-21-13-16(14-22(30-2)24(21)31-3)23(28)18(12-15-8-10-17(26)11-9-15)25-27-19-6-4-5-7-20(19)32-25/h4-14H,1-3H3/b18-12-. The van der Waals surface area contributed by atoms with E-state index in [2.05, 4.69) is 4.98 Å². The molecule has 0 radical (unpaired) electrons. The molecule has 0 atom stereocenters. The summed E-state index contributed by atoms with van der Waals surface area (Å²) in [5, 5.41) is 0.599. The van der Waals surface area contributed by atoms with E-state index in [0.29, 0.717) is 38.9 Å². The average molecular weight is 450 g/mol. The van der Waals surface area contributed by atoms with E-state index in [9.17, 15) is 4.79 Å². The van der Waals surface area contributed by atoms with Gasteiger partial charge in [0.1, 0.15) is 5.52 Å². The number of oxazole rings is 1. The zero-order chi connectivity index (χ0) is 22.7. The van der Waals surface area contributed by atoms with Crippen molar-refractivity contribution in [3.8, 4) is 17.2 Å². The summed E-state index contributed by atoms with van der Waals surface area (Å²) in [6.45, 7) is 0. The summed E-state index contributed by atoms with van der Waals surface area (Å²) in [7, 11) is 4.50. The number of hydrogen-bond acceptors (Lipinski definition) is 6. The molecule has 4 aromatic rings. The first kappa shape index (κ1) is 21.5. The number of fused-ring (bicyclic) bond motifs is 1. The Morgan fingerprint density at radius 3 is 2.19 bits per heavy atom. The molecular weight excluding hydrogens is 430 g/mol. The fraction of sp³-hybridized carbons (Fsp3) is 0.120. The molecule has 0 aliphatic heterocycles. The number of nitrogens with zero attached hydrogens (tertiary/aromatic N) is 1. The second-order valence-corrected chi connectivity index (χ2v) is 7.28. The lowest BCUT2D eigenvalue weighted by atomic mass is 10.00. The average Bonchev–Trinajstić information content (AvgIpc) is 3.26. The van der Waals surface area contributed by atoms with Gasteiger partial charge in [-0.3, -0.25) is 4.79 Å². The second kappa shape index (κ2) is 9.16. The van der Waals surface area contributed by atoms with Crippen LogP contribution in [0.15, 0.2) is 65.1 Å². The Balaban J connectivity index is 1.88. The van der Waals surface area contributed by atoms with Gasteiger partial charge < -0.3 is 18.6 Å². The van der Waals surface area contributed by atoms with Gasteiger partial charge in [-0.2, -0.15) is 0 Å². The lowest BCUT2D eigenvalue weighted by molar-refractivity contribution is 0.105. The van der Waals surface area contributed by atoms with Gasteiger partial charge in [0.2, 0.25) is 11.6 Å². The lowest BCUT2D eigenvalue weighted by Gasteiger charge is -2.14. The first-order valence-corrected chi connectivity index (χ1v) is 10.1. The van der Waals surface area contributed by atoms with E-state index >= 15 is 0 Å². The van der Waals surface area contributed by atoms with E-state index in [1.54, 1.807) is 36.4 Å². The summed E-state index contributed by atoms with van der Waals surface area (Å²) in [4.78, 5) is 18.2. The van der Waals surface area contributed by atoms with E-state index in [0.717, 1.165) is 5.56 Å². The molecule has 0 amide bonds. The van der Waals surface area contributed by atoms with Crippen molar-refractivity contribution in [2.24, 2.45) is 0 Å². The molecule has 0 spiro atoms. The summed E-state index contributed by atoms with van der Waals surface area (Å²) in [6.07, 6.45) is 1.71. The van der Waals surface area contributed by atoms with Crippen molar-refractivity contribution in [3.63, 3.8) is 0 Å². The molecule has 6 nitrogen and oxygen atoms in total. The maximum absolute atomic E-state index is 13.7. The number of rotatable bonds is 7. The number of methoxy groups -OCH3 is 3. The molecule has 0 saturated heterocycles. The van der Waals surface area contributed by atoms with Crippen molar-refractivity contribution in [3.05, 3.63) is 82.7 Å². The molecule has 32 heavy (non-hydrogen) atoms. The van der Waals surface area contributed by atoms with Crippen molar-refractivity contribution in [2.45, 2.75) is 0 Å². The van der Waals surface area contributed by atoms with Gasteiger partial charge in [-0.05, 0) is 48.0 Å². The molecule has 0 fully saturated rings. The normalized spacial score (nSPS) is 11.4. The number of para-hydroxylation sites is 2. The fourth-order valence-corrected chi connectivity index (χ4v) is 3.43. The highest BCUT2D eigenvalue weighted by molar-refractivity contribution is 6.32. The van der Waals surface area contributed by atoms with E-state index in [1.165, 1.54) is 21.3 Å². The Bertz CT molecular complexity index is 1250. The van der Waals surface area contributed by atoms with Crippen LogP contribution >= 0.6 is 11.6 Å². The van der Waals surface area contributed by atoms with Gasteiger partial charge in [0.05, 0.1) is 26.9 Å². The maximum atomic E-state index is 13.7. The summed E-state index contributed by atoms with van der Waals surface area (Å²) < 4.78 is 22.1. The van der Waals surface area contributed by atoms with Crippen LogP contribution < -0.4 is 14.2 Å². The molecule has 0 aliphatic carbocycles. The Morgan fingerprint density at radius 2 is 1.59 bits per heavy atom. The van der Waals surface area contributed by atoms with Crippen molar-refractivity contribution in [1.29, 1.82) is 0 Å². The molecule has 0 N–H and O–H groups in total. The maximum Gasteiger partial charge on any atom is 0.231 e. The molecule has 0 aliphatic rings. The number of ether oxygens (including phenoxy) is 3. The van der Waals surface area contributed by atoms with Gasteiger partial charge in [0.15, 0.2) is 22.9 Å². The van der Waals surface area contributed by atoms with Crippen LogP contribution in [-0.4, -0.2) is 32.1 Å². The van der Waals surface area contributed by atoms with E-state index in [-0.39, 0.29) is 17.2 Å². The van der Waals surface area contributed by atoms with Crippen molar-refractivity contribution < 1.29 is 23.4 Å². The highest BCUT2D eigenvalue weighted by Gasteiger charge is 2.23. The molecule has 1 heterocycles. The van der Waals surface area contributed by atoms with Gasteiger partial charge in [-0.15, -0.1) is 0 Å². The van der Waals surface area contributed by atoms with Crippen LogP contribution in [0, 0.1) is 0 Å². The predicted molar refractivity (Wildman–Crippen MR) is 124 cm³/mol. The Hall–Kier alpha value is -3.77. The smallest absolute Gasteiger partial charge is 0.231 e. The molecule has 0 saturated carbocycles. The van der Waals surface area contributed by atoms with Crippen molar-refractivity contribution >= 4 is 40.1 Å². The highest BCUT2D eigenvalue weighted by Crippen LogP contribution is 2.39. The van der Waals surface area contributed by atoms with Crippen molar-refractivity contribution in [1.82, 2.24) is 4.98 Å². The third-order valence-electron chi connectivity index (χ3n) is 4.88. The zero-order valence-electron chi connectivity index (χ0n) is 17.7. The third-order valence-corrected chi connectivity index (χ3v) is 5.13. The summed E-state index contributed by atoms with van der Waals surface area (Å²) in [5.41, 5.74) is 2.62.